The maximum Gasteiger partial charge on any atom is 0.224 e. The van der Waals surface area contributed by atoms with Gasteiger partial charge in [-0.2, -0.15) is 0 Å². The molecule has 0 aromatic heterocycles. The summed E-state index contributed by atoms with van der Waals surface area (Å²) in [4.78, 5) is 11.6. The second-order valence-corrected chi connectivity index (χ2v) is 3.68. The van der Waals surface area contributed by atoms with Gasteiger partial charge in [0.05, 0.1) is 5.92 Å². The maximum atomic E-state index is 11.6. The van der Waals surface area contributed by atoms with Crippen molar-refractivity contribution in [1.82, 2.24) is 10.6 Å². The van der Waals surface area contributed by atoms with E-state index in [9.17, 15) is 4.79 Å². The van der Waals surface area contributed by atoms with Crippen LogP contribution in [0, 0.1) is 5.92 Å². The monoisotopic (exact) mass is 200 g/mol. The molecule has 82 valence electrons. The van der Waals surface area contributed by atoms with Crippen LogP contribution < -0.4 is 10.6 Å². The SMILES string of the molecule is COCCCNC(=O)[C@H]1CCCNC1. The lowest BCUT2D eigenvalue weighted by molar-refractivity contribution is -0.125. The first-order chi connectivity index (χ1) is 6.84. The second kappa shape index (κ2) is 6.79. The lowest BCUT2D eigenvalue weighted by atomic mass is 9.99. The molecular formula is C10H20N2O2. The first-order valence-corrected chi connectivity index (χ1v) is 5.32. The highest BCUT2D eigenvalue weighted by atomic mass is 16.5. The molecule has 1 atom stereocenters. The van der Waals surface area contributed by atoms with Crippen LogP contribution in [0.25, 0.3) is 0 Å². The van der Waals surface area contributed by atoms with Crippen LogP contribution in [0.3, 0.4) is 0 Å². The van der Waals surface area contributed by atoms with Gasteiger partial charge < -0.3 is 15.4 Å². The van der Waals surface area contributed by atoms with E-state index in [1.807, 2.05) is 0 Å². The Morgan fingerprint density at radius 2 is 2.50 bits per heavy atom. The molecule has 2 N–H and O–H groups in total. The number of hydrogen-bond donors (Lipinski definition) is 2. The van der Waals surface area contributed by atoms with Crippen molar-refractivity contribution in [2.24, 2.45) is 5.92 Å². The van der Waals surface area contributed by atoms with E-state index in [2.05, 4.69) is 10.6 Å². The number of carbonyl (C=O) groups excluding carboxylic acids is 1. The number of hydrogen-bond acceptors (Lipinski definition) is 3. The van der Waals surface area contributed by atoms with E-state index < -0.39 is 0 Å². The Kier molecular flexibility index (Phi) is 5.56. The zero-order chi connectivity index (χ0) is 10.2. The van der Waals surface area contributed by atoms with Gasteiger partial charge in [-0.3, -0.25) is 4.79 Å². The molecule has 1 saturated heterocycles. The molecule has 0 radical (unpaired) electrons. The largest absolute Gasteiger partial charge is 0.385 e. The van der Waals surface area contributed by atoms with Crippen LogP contribution in [0.1, 0.15) is 19.3 Å². The molecule has 0 aromatic rings. The lowest BCUT2D eigenvalue weighted by Crippen LogP contribution is -2.40. The molecule has 0 saturated carbocycles. The molecule has 1 aliphatic heterocycles. The van der Waals surface area contributed by atoms with Crippen molar-refractivity contribution in [3.8, 4) is 0 Å². The summed E-state index contributed by atoms with van der Waals surface area (Å²) in [5.41, 5.74) is 0. The van der Waals surface area contributed by atoms with Crippen LogP contribution in [0.15, 0.2) is 0 Å². The van der Waals surface area contributed by atoms with Crippen LogP contribution in [0.5, 0.6) is 0 Å². The average Bonchev–Trinajstić information content (AvgIpc) is 2.25. The summed E-state index contributed by atoms with van der Waals surface area (Å²) >= 11 is 0. The predicted octanol–water partition coefficient (Wildman–Crippen LogP) is 0.139. The molecule has 1 heterocycles. The lowest BCUT2D eigenvalue weighted by Gasteiger charge is -2.21. The smallest absolute Gasteiger partial charge is 0.224 e. The van der Waals surface area contributed by atoms with Crippen molar-refractivity contribution >= 4 is 5.91 Å². The van der Waals surface area contributed by atoms with E-state index in [0.717, 1.165) is 38.9 Å². The Bertz CT molecular complexity index is 168. The van der Waals surface area contributed by atoms with Gasteiger partial charge in [-0.15, -0.1) is 0 Å². The molecule has 4 nitrogen and oxygen atoms in total. The average molecular weight is 200 g/mol. The minimum absolute atomic E-state index is 0.172. The number of piperidine rings is 1. The Morgan fingerprint density at radius 3 is 3.14 bits per heavy atom. The second-order valence-electron chi connectivity index (χ2n) is 3.68. The summed E-state index contributed by atoms with van der Waals surface area (Å²) in [7, 11) is 1.67. The van der Waals surface area contributed by atoms with E-state index in [4.69, 9.17) is 4.74 Å². The third kappa shape index (κ3) is 4.07. The summed E-state index contributed by atoms with van der Waals surface area (Å²) in [6.45, 7) is 3.32. The van der Waals surface area contributed by atoms with Crippen LogP contribution >= 0.6 is 0 Å². The summed E-state index contributed by atoms with van der Waals surface area (Å²) in [6, 6.07) is 0. The highest BCUT2D eigenvalue weighted by Crippen LogP contribution is 2.09. The van der Waals surface area contributed by atoms with Crippen molar-refractivity contribution in [1.29, 1.82) is 0 Å². The van der Waals surface area contributed by atoms with E-state index in [1.54, 1.807) is 7.11 Å². The molecule has 0 spiro atoms. The van der Waals surface area contributed by atoms with Gasteiger partial charge in [-0.1, -0.05) is 0 Å². The summed E-state index contributed by atoms with van der Waals surface area (Å²) < 4.78 is 4.91. The third-order valence-corrected chi connectivity index (χ3v) is 2.49. The molecule has 0 unspecified atom stereocenters. The standard InChI is InChI=1S/C10H20N2O2/c1-14-7-3-6-12-10(13)9-4-2-5-11-8-9/h9,11H,2-8H2,1H3,(H,12,13)/t9-/m0/s1. The van der Waals surface area contributed by atoms with E-state index in [1.165, 1.54) is 0 Å². The highest BCUT2D eigenvalue weighted by molar-refractivity contribution is 5.78. The molecular weight excluding hydrogens is 180 g/mol. The highest BCUT2D eigenvalue weighted by Gasteiger charge is 2.19. The van der Waals surface area contributed by atoms with Gasteiger partial charge in [0.25, 0.3) is 0 Å². The van der Waals surface area contributed by atoms with Crippen LogP contribution in [-0.2, 0) is 9.53 Å². The molecule has 1 fully saturated rings. The first kappa shape index (κ1) is 11.5. The predicted molar refractivity (Wildman–Crippen MR) is 55.1 cm³/mol. The van der Waals surface area contributed by atoms with Crippen LogP contribution in [0.4, 0.5) is 0 Å². The molecule has 14 heavy (non-hydrogen) atoms. The molecule has 4 heteroatoms. The Balaban J connectivity index is 2.07. The fourth-order valence-electron chi connectivity index (χ4n) is 1.65. The fraction of sp³-hybridized carbons (Fsp3) is 0.900. The zero-order valence-corrected chi connectivity index (χ0v) is 8.84. The van der Waals surface area contributed by atoms with Crippen molar-refractivity contribution in [3.63, 3.8) is 0 Å². The molecule has 1 rings (SSSR count). The van der Waals surface area contributed by atoms with E-state index in [0.29, 0.717) is 6.61 Å². The number of carbonyl (C=O) groups is 1. The number of ether oxygens (including phenoxy) is 1. The molecule has 0 aliphatic carbocycles. The Labute approximate surface area is 85.4 Å². The van der Waals surface area contributed by atoms with Gasteiger partial charge in [0, 0.05) is 26.8 Å². The van der Waals surface area contributed by atoms with Crippen molar-refractivity contribution in [2.75, 3.05) is 33.4 Å². The third-order valence-electron chi connectivity index (χ3n) is 2.49. The van der Waals surface area contributed by atoms with Crippen LogP contribution in [0.2, 0.25) is 0 Å². The van der Waals surface area contributed by atoms with E-state index >= 15 is 0 Å². The van der Waals surface area contributed by atoms with Crippen molar-refractivity contribution in [2.45, 2.75) is 19.3 Å². The number of rotatable bonds is 5. The number of nitrogens with one attached hydrogen (secondary N) is 2. The van der Waals surface area contributed by atoms with E-state index in [-0.39, 0.29) is 11.8 Å². The molecule has 0 bridgehead atoms. The van der Waals surface area contributed by atoms with Crippen molar-refractivity contribution < 1.29 is 9.53 Å². The topological polar surface area (TPSA) is 50.4 Å². The van der Waals surface area contributed by atoms with Gasteiger partial charge in [0.15, 0.2) is 0 Å². The maximum absolute atomic E-state index is 11.6. The summed E-state index contributed by atoms with van der Waals surface area (Å²) in [5, 5.41) is 6.16. The Hall–Kier alpha value is -0.610. The normalized spacial score (nSPS) is 21.9. The first-order valence-electron chi connectivity index (χ1n) is 5.32. The van der Waals surface area contributed by atoms with Gasteiger partial charge in [0.2, 0.25) is 5.91 Å². The van der Waals surface area contributed by atoms with Crippen molar-refractivity contribution in [3.05, 3.63) is 0 Å². The van der Waals surface area contributed by atoms with Gasteiger partial charge >= 0.3 is 0 Å². The minimum atomic E-state index is 0.172. The fourth-order valence-corrected chi connectivity index (χ4v) is 1.65. The van der Waals surface area contributed by atoms with Gasteiger partial charge in [0.1, 0.15) is 0 Å². The summed E-state index contributed by atoms with van der Waals surface area (Å²) in [5.74, 6) is 0.361. The van der Waals surface area contributed by atoms with Gasteiger partial charge in [-0.25, -0.2) is 0 Å². The summed E-state index contributed by atoms with van der Waals surface area (Å²) in [6.07, 6.45) is 3.02. The minimum Gasteiger partial charge on any atom is -0.385 e. The number of amides is 1. The number of methoxy groups -OCH3 is 1. The Morgan fingerprint density at radius 1 is 1.64 bits per heavy atom. The molecule has 0 aromatic carbocycles. The molecule has 1 amide bonds. The quantitative estimate of drug-likeness (QED) is 0.621. The van der Waals surface area contributed by atoms with Crippen LogP contribution in [-0.4, -0.2) is 39.3 Å². The van der Waals surface area contributed by atoms with Gasteiger partial charge in [-0.05, 0) is 25.8 Å². The molecule has 1 aliphatic rings. The zero-order valence-electron chi connectivity index (χ0n) is 8.84.